The first-order chi connectivity index (χ1) is 11.4. The van der Waals surface area contributed by atoms with E-state index in [1.165, 1.54) is 19.3 Å². The van der Waals surface area contributed by atoms with E-state index in [9.17, 15) is 0 Å². The van der Waals surface area contributed by atoms with E-state index in [2.05, 4.69) is 11.9 Å². The number of nitrogens with zero attached hydrogens (tertiary/aromatic N) is 2. The first-order valence-electron chi connectivity index (χ1n) is 8.32. The number of rotatable bonds is 7. The first kappa shape index (κ1) is 15.5. The van der Waals surface area contributed by atoms with Crippen LogP contribution in [0.5, 0.6) is 5.75 Å². The van der Waals surface area contributed by atoms with Gasteiger partial charge >= 0.3 is 0 Å². The van der Waals surface area contributed by atoms with Gasteiger partial charge < -0.3 is 4.74 Å². The summed E-state index contributed by atoms with van der Waals surface area (Å²) in [4.78, 5) is 9.22. The molecule has 1 aromatic heterocycles. The van der Waals surface area contributed by atoms with E-state index in [0.717, 1.165) is 41.1 Å². The van der Waals surface area contributed by atoms with Gasteiger partial charge in [-0.3, -0.25) is 4.98 Å². The maximum atomic E-state index is 5.98. The monoisotopic (exact) mass is 306 g/mol. The molecule has 0 spiro atoms. The normalized spacial score (nSPS) is 10.8. The molecule has 0 aliphatic heterocycles. The van der Waals surface area contributed by atoms with E-state index in [-0.39, 0.29) is 0 Å². The Bertz CT molecular complexity index is 770. The van der Waals surface area contributed by atoms with Crippen molar-refractivity contribution in [1.82, 2.24) is 9.97 Å². The van der Waals surface area contributed by atoms with E-state index < -0.39 is 0 Å². The number of unbranched alkanes of at least 4 members (excludes halogenated alkanes) is 3. The third-order valence-electron chi connectivity index (χ3n) is 3.87. The van der Waals surface area contributed by atoms with Crippen LogP contribution in [0.4, 0.5) is 0 Å². The Hall–Kier alpha value is -2.42. The van der Waals surface area contributed by atoms with Crippen molar-refractivity contribution in [2.75, 3.05) is 6.61 Å². The molecule has 23 heavy (non-hydrogen) atoms. The van der Waals surface area contributed by atoms with Crippen molar-refractivity contribution in [2.45, 2.75) is 32.6 Å². The summed E-state index contributed by atoms with van der Waals surface area (Å²) < 4.78 is 5.98. The number of aromatic nitrogens is 2. The van der Waals surface area contributed by atoms with Gasteiger partial charge in [-0.15, -0.1) is 0 Å². The van der Waals surface area contributed by atoms with Crippen LogP contribution in [0.15, 0.2) is 54.7 Å². The smallest absolute Gasteiger partial charge is 0.128 e. The molecular weight excluding hydrogens is 284 g/mol. The van der Waals surface area contributed by atoms with E-state index in [4.69, 9.17) is 9.72 Å². The lowest BCUT2D eigenvalue weighted by molar-refractivity contribution is 0.306. The molecule has 0 atom stereocenters. The molecule has 0 bridgehead atoms. The van der Waals surface area contributed by atoms with Gasteiger partial charge in [-0.05, 0) is 30.7 Å². The zero-order chi connectivity index (χ0) is 15.9. The first-order valence-corrected chi connectivity index (χ1v) is 8.32. The Morgan fingerprint density at radius 3 is 2.52 bits per heavy atom. The van der Waals surface area contributed by atoms with Crippen molar-refractivity contribution >= 4 is 11.0 Å². The van der Waals surface area contributed by atoms with Crippen molar-refractivity contribution in [2.24, 2.45) is 0 Å². The number of hydrogen-bond acceptors (Lipinski definition) is 3. The van der Waals surface area contributed by atoms with Crippen LogP contribution in [0.2, 0.25) is 0 Å². The van der Waals surface area contributed by atoms with Crippen LogP contribution in [0.3, 0.4) is 0 Å². The zero-order valence-corrected chi connectivity index (χ0v) is 13.5. The van der Waals surface area contributed by atoms with Gasteiger partial charge in [-0.25, -0.2) is 4.98 Å². The van der Waals surface area contributed by atoms with Crippen LogP contribution < -0.4 is 4.74 Å². The van der Waals surface area contributed by atoms with Crippen molar-refractivity contribution in [3.05, 3.63) is 54.7 Å². The summed E-state index contributed by atoms with van der Waals surface area (Å²) in [6.07, 6.45) is 6.63. The molecule has 0 unspecified atom stereocenters. The minimum atomic E-state index is 0.748. The van der Waals surface area contributed by atoms with Crippen molar-refractivity contribution < 1.29 is 4.74 Å². The highest BCUT2D eigenvalue weighted by Crippen LogP contribution is 2.29. The molecule has 0 N–H and O–H groups in total. The lowest BCUT2D eigenvalue weighted by atomic mass is 10.1. The quantitative estimate of drug-likeness (QED) is 0.559. The molecule has 0 saturated heterocycles. The molecule has 118 valence electrons. The highest BCUT2D eigenvalue weighted by atomic mass is 16.5. The number of para-hydroxylation sites is 3. The standard InChI is InChI=1S/C20H22N2O/c1-2-3-4-9-14-23-20-13-8-5-10-16(20)19-15-21-17-11-6-7-12-18(17)22-19/h5-8,10-13,15H,2-4,9,14H2,1H3. The van der Waals surface area contributed by atoms with Gasteiger partial charge in [0, 0.05) is 5.56 Å². The van der Waals surface area contributed by atoms with Crippen LogP contribution in [0, 0.1) is 0 Å². The SMILES string of the molecule is CCCCCCOc1ccccc1-c1cnc2ccccc2n1. The molecular formula is C20H22N2O. The maximum absolute atomic E-state index is 5.98. The van der Waals surface area contributed by atoms with E-state index >= 15 is 0 Å². The predicted molar refractivity (Wildman–Crippen MR) is 94.6 cm³/mol. The number of ether oxygens (including phenoxy) is 1. The predicted octanol–water partition coefficient (Wildman–Crippen LogP) is 5.26. The van der Waals surface area contributed by atoms with Gasteiger partial charge in [0.25, 0.3) is 0 Å². The van der Waals surface area contributed by atoms with Gasteiger partial charge in [0.2, 0.25) is 0 Å². The summed E-state index contributed by atoms with van der Waals surface area (Å²) in [5.41, 5.74) is 3.67. The average Bonchev–Trinajstić information content (AvgIpc) is 2.61. The second-order valence-electron chi connectivity index (χ2n) is 5.65. The molecule has 0 fully saturated rings. The Labute approximate surface area is 137 Å². The average molecular weight is 306 g/mol. The molecule has 0 radical (unpaired) electrons. The highest BCUT2D eigenvalue weighted by molar-refractivity contribution is 5.78. The van der Waals surface area contributed by atoms with Crippen LogP contribution in [0.25, 0.3) is 22.3 Å². The van der Waals surface area contributed by atoms with E-state index in [0.29, 0.717) is 0 Å². The van der Waals surface area contributed by atoms with Crippen LogP contribution in [0.1, 0.15) is 32.6 Å². The second-order valence-corrected chi connectivity index (χ2v) is 5.65. The molecule has 3 rings (SSSR count). The highest BCUT2D eigenvalue weighted by Gasteiger charge is 2.08. The largest absolute Gasteiger partial charge is 0.493 e. The molecule has 3 heteroatoms. The van der Waals surface area contributed by atoms with Gasteiger partial charge in [0.05, 0.1) is 29.5 Å². The van der Waals surface area contributed by atoms with Crippen molar-refractivity contribution in [1.29, 1.82) is 0 Å². The van der Waals surface area contributed by atoms with E-state index in [1.54, 1.807) is 0 Å². The topological polar surface area (TPSA) is 35.0 Å². The molecule has 0 aliphatic rings. The summed E-state index contributed by atoms with van der Waals surface area (Å²) in [6.45, 7) is 2.96. The summed E-state index contributed by atoms with van der Waals surface area (Å²) in [5, 5.41) is 0. The minimum Gasteiger partial charge on any atom is -0.493 e. The van der Waals surface area contributed by atoms with Crippen LogP contribution >= 0.6 is 0 Å². The lowest BCUT2D eigenvalue weighted by Crippen LogP contribution is -1.99. The fourth-order valence-corrected chi connectivity index (χ4v) is 2.60. The fourth-order valence-electron chi connectivity index (χ4n) is 2.60. The van der Waals surface area contributed by atoms with Gasteiger partial charge in [0.15, 0.2) is 0 Å². The second kappa shape index (κ2) is 7.73. The number of benzene rings is 2. The number of fused-ring (bicyclic) bond motifs is 1. The molecule has 1 heterocycles. The number of hydrogen-bond donors (Lipinski definition) is 0. The minimum absolute atomic E-state index is 0.748. The van der Waals surface area contributed by atoms with Crippen molar-refractivity contribution in [3.63, 3.8) is 0 Å². The van der Waals surface area contributed by atoms with Crippen LogP contribution in [-0.4, -0.2) is 16.6 Å². The van der Waals surface area contributed by atoms with Gasteiger partial charge in [-0.1, -0.05) is 50.5 Å². The summed E-state index contributed by atoms with van der Waals surface area (Å²) in [7, 11) is 0. The summed E-state index contributed by atoms with van der Waals surface area (Å²) in [5.74, 6) is 0.883. The molecule has 2 aromatic carbocycles. The van der Waals surface area contributed by atoms with Crippen molar-refractivity contribution in [3.8, 4) is 17.0 Å². The Morgan fingerprint density at radius 1 is 0.870 bits per heavy atom. The van der Waals surface area contributed by atoms with Gasteiger partial charge in [-0.2, -0.15) is 0 Å². The van der Waals surface area contributed by atoms with Gasteiger partial charge in [0.1, 0.15) is 5.75 Å². The fraction of sp³-hybridized carbons (Fsp3) is 0.300. The summed E-state index contributed by atoms with van der Waals surface area (Å²) >= 11 is 0. The maximum Gasteiger partial charge on any atom is 0.128 e. The Morgan fingerprint density at radius 2 is 1.65 bits per heavy atom. The molecule has 0 aliphatic carbocycles. The lowest BCUT2D eigenvalue weighted by Gasteiger charge is -2.11. The zero-order valence-electron chi connectivity index (χ0n) is 13.5. The molecule has 0 amide bonds. The van der Waals surface area contributed by atoms with Crippen LogP contribution in [-0.2, 0) is 0 Å². The third kappa shape index (κ3) is 3.86. The summed E-state index contributed by atoms with van der Waals surface area (Å²) in [6, 6.07) is 16.0. The molecule has 3 nitrogen and oxygen atoms in total. The molecule has 3 aromatic rings. The Balaban J connectivity index is 1.80. The Kier molecular flexibility index (Phi) is 5.20. The molecule has 0 saturated carbocycles. The van der Waals surface area contributed by atoms with E-state index in [1.807, 2.05) is 54.7 Å². The third-order valence-corrected chi connectivity index (χ3v) is 3.87.